The highest BCUT2D eigenvalue weighted by Gasteiger charge is 1.96. The minimum absolute atomic E-state index is 0.0860. The fourth-order valence-corrected chi connectivity index (χ4v) is 1.00. The lowest BCUT2D eigenvalue weighted by Gasteiger charge is -1.93. The molecule has 0 saturated carbocycles. The Hall–Kier alpha value is -1.58. The lowest BCUT2D eigenvalue weighted by Crippen LogP contribution is -2.17. The highest BCUT2D eigenvalue weighted by Crippen LogP contribution is 2.03. The van der Waals surface area contributed by atoms with Gasteiger partial charge in [0.25, 0.3) is 5.56 Å². The number of aromatic nitrogens is 3. The van der Waals surface area contributed by atoms with Gasteiger partial charge in [0.05, 0.1) is 0 Å². The third-order valence-corrected chi connectivity index (χ3v) is 1.60. The Morgan fingerprint density at radius 1 is 1.64 bits per heavy atom. The quantitative estimate of drug-likeness (QED) is 0.584. The van der Waals surface area contributed by atoms with E-state index in [2.05, 4.69) is 10.1 Å². The van der Waals surface area contributed by atoms with Crippen LogP contribution >= 0.6 is 0 Å². The SMILES string of the molecule is Cn1nc2[nH]ccc2cc1=O. The molecule has 0 aliphatic rings. The van der Waals surface area contributed by atoms with Crippen LogP contribution in [0.3, 0.4) is 0 Å². The zero-order chi connectivity index (χ0) is 7.84. The Kier molecular flexibility index (Phi) is 1.09. The zero-order valence-corrected chi connectivity index (χ0v) is 6.03. The van der Waals surface area contributed by atoms with Crippen LogP contribution in [0.5, 0.6) is 0 Å². The monoisotopic (exact) mass is 149 g/mol. The van der Waals surface area contributed by atoms with E-state index in [1.54, 1.807) is 19.3 Å². The molecule has 0 aliphatic heterocycles. The number of H-pyrrole nitrogens is 1. The van der Waals surface area contributed by atoms with E-state index >= 15 is 0 Å². The van der Waals surface area contributed by atoms with Crippen molar-refractivity contribution in [2.75, 3.05) is 0 Å². The van der Waals surface area contributed by atoms with Crippen molar-refractivity contribution >= 4 is 11.0 Å². The predicted octanol–water partition coefficient (Wildman–Crippen LogP) is 0.262. The van der Waals surface area contributed by atoms with Gasteiger partial charge >= 0.3 is 0 Å². The second kappa shape index (κ2) is 1.95. The van der Waals surface area contributed by atoms with E-state index in [-0.39, 0.29) is 5.56 Å². The maximum absolute atomic E-state index is 11.0. The summed E-state index contributed by atoms with van der Waals surface area (Å²) in [5.74, 6) is 0. The number of hydrogen-bond donors (Lipinski definition) is 1. The molecule has 2 aromatic rings. The van der Waals surface area contributed by atoms with Gasteiger partial charge in [-0.25, -0.2) is 4.68 Å². The molecule has 4 nitrogen and oxygen atoms in total. The van der Waals surface area contributed by atoms with Crippen molar-refractivity contribution in [1.29, 1.82) is 0 Å². The standard InChI is InChI=1S/C7H7N3O/c1-10-6(11)4-5-2-3-8-7(5)9-10/h2-4H,1H3,(H,8,9). The van der Waals surface area contributed by atoms with Crippen molar-refractivity contribution in [3.8, 4) is 0 Å². The van der Waals surface area contributed by atoms with Gasteiger partial charge in [-0.15, -0.1) is 0 Å². The number of rotatable bonds is 0. The maximum atomic E-state index is 11.0. The van der Waals surface area contributed by atoms with Crippen molar-refractivity contribution in [3.63, 3.8) is 0 Å². The first-order valence-electron chi connectivity index (χ1n) is 3.29. The van der Waals surface area contributed by atoms with Crippen LogP contribution < -0.4 is 5.56 Å². The maximum Gasteiger partial charge on any atom is 0.267 e. The van der Waals surface area contributed by atoms with Gasteiger partial charge in [-0.05, 0) is 6.07 Å². The summed E-state index contributed by atoms with van der Waals surface area (Å²) in [5, 5.41) is 4.84. The molecule has 2 aromatic heterocycles. The van der Waals surface area contributed by atoms with Gasteiger partial charge in [0.2, 0.25) is 0 Å². The number of aryl methyl sites for hydroxylation is 1. The molecular formula is C7H7N3O. The van der Waals surface area contributed by atoms with E-state index in [1.807, 2.05) is 6.07 Å². The van der Waals surface area contributed by atoms with E-state index in [9.17, 15) is 4.79 Å². The summed E-state index contributed by atoms with van der Waals surface area (Å²) in [6.45, 7) is 0. The highest BCUT2D eigenvalue weighted by molar-refractivity contribution is 5.73. The van der Waals surface area contributed by atoms with Gasteiger partial charge in [-0.1, -0.05) is 0 Å². The average Bonchev–Trinajstić information content (AvgIpc) is 2.36. The largest absolute Gasteiger partial charge is 0.345 e. The molecule has 2 rings (SSSR count). The van der Waals surface area contributed by atoms with E-state index in [0.29, 0.717) is 0 Å². The lowest BCUT2D eigenvalue weighted by molar-refractivity contribution is 0.723. The van der Waals surface area contributed by atoms with Gasteiger partial charge in [0, 0.05) is 24.7 Å². The van der Waals surface area contributed by atoms with Gasteiger partial charge in [-0.2, -0.15) is 5.10 Å². The average molecular weight is 149 g/mol. The predicted molar refractivity (Wildman–Crippen MR) is 41.3 cm³/mol. The molecule has 0 fully saturated rings. The minimum atomic E-state index is -0.0860. The molecule has 0 atom stereocenters. The fraction of sp³-hybridized carbons (Fsp3) is 0.143. The third-order valence-electron chi connectivity index (χ3n) is 1.60. The van der Waals surface area contributed by atoms with Crippen molar-refractivity contribution in [1.82, 2.24) is 14.8 Å². The molecule has 0 radical (unpaired) electrons. The summed E-state index contributed by atoms with van der Waals surface area (Å²) in [6, 6.07) is 3.38. The van der Waals surface area contributed by atoms with Gasteiger partial charge in [0.1, 0.15) is 0 Å². The molecular weight excluding hydrogens is 142 g/mol. The molecule has 0 unspecified atom stereocenters. The highest BCUT2D eigenvalue weighted by atomic mass is 16.1. The summed E-state index contributed by atoms with van der Waals surface area (Å²) in [7, 11) is 1.63. The van der Waals surface area contributed by atoms with Crippen molar-refractivity contribution in [2.45, 2.75) is 0 Å². The Morgan fingerprint density at radius 3 is 3.27 bits per heavy atom. The second-order valence-electron chi connectivity index (χ2n) is 2.39. The molecule has 2 heterocycles. The summed E-state index contributed by atoms with van der Waals surface area (Å²) >= 11 is 0. The summed E-state index contributed by atoms with van der Waals surface area (Å²) in [5.41, 5.74) is 0.657. The number of hydrogen-bond acceptors (Lipinski definition) is 2. The molecule has 0 spiro atoms. The second-order valence-corrected chi connectivity index (χ2v) is 2.39. The van der Waals surface area contributed by atoms with Crippen LogP contribution in [0.15, 0.2) is 23.1 Å². The molecule has 4 heteroatoms. The summed E-state index contributed by atoms with van der Waals surface area (Å²) in [6.07, 6.45) is 1.76. The van der Waals surface area contributed by atoms with Crippen LogP contribution in [0.4, 0.5) is 0 Å². The molecule has 0 amide bonds. The number of nitrogens with one attached hydrogen (secondary N) is 1. The van der Waals surface area contributed by atoms with E-state index < -0.39 is 0 Å². The zero-order valence-electron chi connectivity index (χ0n) is 6.03. The lowest BCUT2D eigenvalue weighted by atomic mass is 10.4. The van der Waals surface area contributed by atoms with Gasteiger partial charge < -0.3 is 4.98 Å². The first-order valence-corrected chi connectivity index (χ1v) is 3.29. The molecule has 1 N–H and O–H groups in total. The van der Waals surface area contributed by atoms with Crippen LogP contribution in [-0.4, -0.2) is 14.8 Å². The topological polar surface area (TPSA) is 50.7 Å². The molecule has 11 heavy (non-hydrogen) atoms. The Morgan fingerprint density at radius 2 is 2.45 bits per heavy atom. The first kappa shape index (κ1) is 6.15. The fourth-order valence-electron chi connectivity index (χ4n) is 1.00. The van der Waals surface area contributed by atoms with Crippen LogP contribution in [0.25, 0.3) is 11.0 Å². The van der Waals surface area contributed by atoms with Crippen molar-refractivity contribution < 1.29 is 0 Å². The number of nitrogens with zero attached hydrogens (tertiary/aromatic N) is 2. The van der Waals surface area contributed by atoms with E-state index in [0.717, 1.165) is 11.0 Å². The molecule has 56 valence electrons. The smallest absolute Gasteiger partial charge is 0.267 e. The van der Waals surface area contributed by atoms with Crippen LogP contribution in [-0.2, 0) is 7.05 Å². The number of aromatic amines is 1. The van der Waals surface area contributed by atoms with Crippen LogP contribution in [0, 0.1) is 0 Å². The van der Waals surface area contributed by atoms with Crippen LogP contribution in [0.2, 0.25) is 0 Å². The molecule has 0 aromatic carbocycles. The molecule has 0 saturated heterocycles. The first-order chi connectivity index (χ1) is 5.27. The molecule has 0 aliphatic carbocycles. The summed E-state index contributed by atoms with van der Waals surface area (Å²) in [4.78, 5) is 13.9. The third kappa shape index (κ3) is 0.832. The molecule has 0 bridgehead atoms. The minimum Gasteiger partial charge on any atom is -0.345 e. The van der Waals surface area contributed by atoms with Gasteiger partial charge in [-0.3, -0.25) is 4.79 Å². The van der Waals surface area contributed by atoms with Crippen molar-refractivity contribution in [2.24, 2.45) is 7.05 Å². The normalized spacial score (nSPS) is 10.6. The number of fused-ring (bicyclic) bond motifs is 1. The summed E-state index contributed by atoms with van der Waals surface area (Å²) < 4.78 is 1.30. The Labute approximate surface area is 62.5 Å². The van der Waals surface area contributed by atoms with Gasteiger partial charge in [0.15, 0.2) is 5.65 Å². The Bertz CT molecular complexity index is 440. The van der Waals surface area contributed by atoms with Crippen LogP contribution in [0.1, 0.15) is 0 Å². The van der Waals surface area contributed by atoms with E-state index in [4.69, 9.17) is 0 Å². The Balaban J connectivity index is 2.97. The van der Waals surface area contributed by atoms with Crippen molar-refractivity contribution in [3.05, 3.63) is 28.7 Å². The van der Waals surface area contributed by atoms with E-state index in [1.165, 1.54) is 4.68 Å².